The van der Waals surface area contributed by atoms with Gasteiger partial charge in [0.05, 0.1) is 18.5 Å². The van der Waals surface area contributed by atoms with Gasteiger partial charge in [-0.05, 0) is 55.3 Å². The summed E-state index contributed by atoms with van der Waals surface area (Å²) in [6.45, 7) is 9.39. The van der Waals surface area contributed by atoms with Crippen molar-refractivity contribution in [1.29, 1.82) is 0 Å². The van der Waals surface area contributed by atoms with E-state index in [1.807, 2.05) is 31.2 Å². The van der Waals surface area contributed by atoms with Gasteiger partial charge in [-0.25, -0.2) is 0 Å². The molecule has 0 unspecified atom stereocenters. The molecular formula is C26H29NO5. The van der Waals surface area contributed by atoms with Crippen molar-refractivity contribution in [2.45, 2.75) is 26.7 Å². The van der Waals surface area contributed by atoms with Gasteiger partial charge in [0, 0.05) is 23.3 Å². The number of carbonyl (C=O) groups excluding carboxylic acids is 2. The summed E-state index contributed by atoms with van der Waals surface area (Å²) in [5, 5.41) is 0.862. The molecule has 3 rings (SSSR count). The number of benzene rings is 2. The number of hydrogen-bond donors (Lipinski definition) is 0. The Balaban J connectivity index is 1.76. The zero-order chi connectivity index (χ0) is 22.9. The molecule has 0 N–H and O–H groups in total. The lowest BCUT2D eigenvalue weighted by molar-refractivity contribution is -0.141. The second-order valence-corrected chi connectivity index (χ2v) is 7.41. The van der Waals surface area contributed by atoms with Crippen LogP contribution in [0, 0.1) is 6.92 Å². The molecule has 0 atom stereocenters. The average Bonchev–Trinajstić information content (AvgIpc) is 3.14. The van der Waals surface area contributed by atoms with Crippen LogP contribution < -0.4 is 4.74 Å². The Morgan fingerprint density at radius 2 is 1.84 bits per heavy atom. The van der Waals surface area contributed by atoms with E-state index < -0.39 is 0 Å². The molecule has 3 aromatic rings. The van der Waals surface area contributed by atoms with Gasteiger partial charge < -0.3 is 14.2 Å². The second-order valence-electron chi connectivity index (χ2n) is 7.41. The van der Waals surface area contributed by atoms with Crippen molar-refractivity contribution < 1.29 is 23.8 Å². The van der Waals surface area contributed by atoms with Crippen molar-refractivity contribution in [3.05, 3.63) is 78.0 Å². The van der Waals surface area contributed by atoms with Crippen LogP contribution in [0.1, 0.15) is 35.0 Å². The van der Waals surface area contributed by atoms with Gasteiger partial charge in [-0.2, -0.15) is 0 Å². The lowest BCUT2D eigenvalue weighted by atomic mass is 10.1. The van der Waals surface area contributed by atoms with Crippen LogP contribution >= 0.6 is 0 Å². The highest BCUT2D eigenvalue weighted by molar-refractivity contribution is 6.04. The molecule has 0 saturated carbocycles. The Morgan fingerprint density at radius 1 is 1.06 bits per heavy atom. The molecule has 0 aliphatic heterocycles. The van der Waals surface area contributed by atoms with E-state index in [9.17, 15) is 9.59 Å². The van der Waals surface area contributed by atoms with Crippen LogP contribution in [0.25, 0.3) is 10.9 Å². The van der Waals surface area contributed by atoms with E-state index in [0.717, 1.165) is 35.2 Å². The fourth-order valence-corrected chi connectivity index (χ4v) is 3.49. The van der Waals surface area contributed by atoms with E-state index in [2.05, 4.69) is 13.5 Å². The quantitative estimate of drug-likeness (QED) is 0.248. The molecule has 0 aliphatic rings. The van der Waals surface area contributed by atoms with Gasteiger partial charge in [-0.15, -0.1) is 0 Å². The number of hydrogen-bond acceptors (Lipinski definition) is 5. The highest BCUT2D eigenvalue weighted by Gasteiger charge is 2.17. The molecule has 0 bridgehead atoms. The van der Waals surface area contributed by atoms with Crippen LogP contribution in [0.2, 0.25) is 0 Å². The molecule has 0 radical (unpaired) electrons. The monoisotopic (exact) mass is 435 g/mol. The molecule has 1 aromatic heterocycles. The van der Waals surface area contributed by atoms with Gasteiger partial charge >= 0.3 is 5.97 Å². The van der Waals surface area contributed by atoms with Crippen LogP contribution in [0.3, 0.4) is 0 Å². The van der Waals surface area contributed by atoms with Crippen molar-refractivity contribution in [3.8, 4) is 5.75 Å². The summed E-state index contributed by atoms with van der Waals surface area (Å²) in [5.74, 6) is 0.225. The van der Waals surface area contributed by atoms with Crippen molar-refractivity contribution in [1.82, 2.24) is 4.57 Å². The van der Waals surface area contributed by atoms with Gasteiger partial charge in [0.15, 0.2) is 0 Å². The third-order valence-corrected chi connectivity index (χ3v) is 4.97. The van der Waals surface area contributed by atoms with Crippen LogP contribution in [-0.4, -0.2) is 42.9 Å². The first kappa shape index (κ1) is 23.3. The molecule has 32 heavy (non-hydrogen) atoms. The zero-order valence-corrected chi connectivity index (χ0v) is 18.6. The van der Waals surface area contributed by atoms with E-state index in [1.54, 1.807) is 28.8 Å². The predicted octanol–water partition coefficient (Wildman–Crippen LogP) is 4.72. The van der Waals surface area contributed by atoms with Crippen molar-refractivity contribution in [3.63, 3.8) is 0 Å². The molecule has 168 valence electrons. The van der Waals surface area contributed by atoms with Crippen LogP contribution in [-0.2, 0) is 20.7 Å². The summed E-state index contributed by atoms with van der Waals surface area (Å²) in [4.78, 5) is 25.3. The third kappa shape index (κ3) is 5.65. The minimum Gasteiger partial charge on any atom is -0.491 e. The first-order valence-electron chi connectivity index (χ1n) is 10.8. The van der Waals surface area contributed by atoms with Crippen molar-refractivity contribution in [2.24, 2.45) is 0 Å². The van der Waals surface area contributed by atoms with Crippen LogP contribution in [0.5, 0.6) is 5.75 Å². The van der Waals surface area contributed by atoms with E-state index in [1.165, 1.54) is 6.08 Å². The lowest BCUT2D eigenvalue weighted by Gasteiger charge is -2.10. The number of aryl methyl sites for hydroxylation is 1. The number of fused-ring (bicyclic) bond motifs is 1. The molecule has 0 saturated heterocycles. The largest absolute Gasteiger partial charge is 0.491 e. The summed E-state index contributed by atoms with van der Waals surface area (Å²) >= 11 is 0. The Bertz CT molecular complexity index is 1080. The number of aromatic nitrogens is 1. The highest BCUT2D eigenvalue weighted by atomic mass is 16.5. The molecule has 0 spiro atoms. The maximum absolute atomic E-state index is 13.3. The van der Waals surface area contributed by atoms with Crippen LogP contribution in [0.15, 0.2) is 61.2 Å². The maximum atomic E-state index is 13.3. The SMILES string of the molecule is C=CCOC(=O)Cc1cccc2c1cc(C)n2C(=O)c1ccc(OCCOCCC)cc1. The number of rotatable bonds is 11. The Labute approximate surface area is 188 Å². The lowest BCUT2D eigenvalue weighted by Crippen LogP contribution is -2.13. The number of esters is 1. The van der Waals surface area contributed by atoms with E-state index in [0.29, 0.717) is 24.5 Å². The molecule has 0 fully saturated rings. The number of carbonyl (C=O) groups is 2. The Morgan fingerprint density at radius 3 is 2.56 bits per heavy atom. The Hall–Kier alpha value is -3.38. The summed E-state index contributed by atoms with van der Waals surface area (Å²) in [7, 11) is 0. The maximum Gasteiger partial charge on any atom is 0.310 e. The molecule has 2 aromatic carbocycles. The van der Waals surface area contributed by atoms with Gasteiger partial charge in [-0.1, -0.05) is 31.7 Å². The topological polar surface area (TPSA) is 66.8 Å². The molecule has 6 nitrogen and oxygen atoms in total. The molecule has 6 heteroatoms. The van der Waals surface area contributed by atoms with Crippen LogP contribution in [0.4, 0.5) is 0 Å². The number of nitrogens with zero attached hydrogens (tertiary/aromatic N) is 1. The standard InChI is InChI=1S/C26H29NO5/c1-4-13-30-15-16-31-22-11-9-20(10-12-22)26(29)27-19(3)17-23-21(7-6-8-24(23)27)18-25(28)32-14-5-2/h5-12,17H,2,4,13-16,18H2,1,3H3. The normalized spacial score (nSPS) is 10.8. The minimum absolute atomic E-state index is 0.136. The smallest absolute Gasteiger partial charge is 0.310 e. The van der Waals surface area contributed by atoms with Gasteiger partial charge in [0.25, 0.3) is 5.91 Å². The van der Waals surface area contributed by atoms with E-state index >= 15 is 0 Å². The number of ether oxygens (including phenoxy) is 3. The van der Waals surface area contributed by atoms with Gasteiger partial charge in [0.2, 0.25) is 0 Å². The average molecular weight is 436 g/mol. The molecule has 1 heterocycles. The van der Waals surface area contributed by atoms with Crippen molar-refractivity contribution in [2.75, 3.05) is 26.4 Å². The second kappa shape index (κ2) is 11.3. The Kier molecular flexibility index (Phi) is 8.22. The highest BCUT2D eigenvalue weighted by Crippen LogP contribution is 2.25. The summed E-state index contributed by atoms with van der Waals surface area (Å²) in [6, 6.07) is 14.6. The van der Waals surface area contributed by atoms with E-state index in [-0.39, 0.29) is 24.9 Å². The van der Waals surface area contributed by atoms with Gasteiger partial charge in [-0.3, -0.25) is 14.2 Å². The summed E-state index contributed by atoms with van der Waals surface area (Å²) < 4.78 is 17.8. The van der Waals surface area contributed by atoms with Crippen molar-refractivity contribution >= 4 is 22.8 Å². The zero-order valence-electron chi connectivity index (χ0n) is 18.6. The predicted molar refractivity (Wildman–Crippen MR) is 124 cm³/mol. The van der Waals surface area contributed by atoms with E-state index in [4.69, 9.17) is 14.2 Å². The molecule has 0 amide bonds. The minimum atomic E-state index is -0.329. The summed E-state index contributed by atoms with van der Waals surface area (Å²) in [5.41, 5.74) is 2.93. The third-order valence-electron chi connectivity index (χ3n) is 4.97. The molecule has 0 aliphatic carbocycles. The van der Waals surface area contributed by atoms with Gasteiger partial charge in [0.1, 0.15) is 19.0 Å². The fourth-order valence-electron chi connectivity index (χ4n) is 3.49. The fraction of sp³-hybridized carbons (Fsp3) is 0.308. The summed E-state index contributed by atoms with van der Waals surface area (Å²) in [6.07, 6.45) is 2.65. The first-order valence-corrected chi connectivity index (χ1v) is 10.8. The molecular weight excluding hydrogens is 406 g/mol. The first-order chi connectivity index (χ1) is 15.5.